The minimum atomic E-state index is 0.144. The molecule has 0 aliphatic heterocycles. The zero-order chi connectivity index (χ0) is 18.4. The molecule has 0 heterocycles. The first-order valence-corrected chi connectivity index (χ1v) is 10.3. The van der Waals surface area contributed by atoms with E-state index >= 15 is 0 Å². The molecular formula is C22H32N2O2. The van der Waals surface area contributed by atoms with E-state index < -0.39 is 0 Å². The molecule has 4 nitrogen and oxygen atoms in total. The lowest BCUT2D eigenvalue weighted by atomic mass is 9.89. The fourth-order valence-corrected chi connectivity index (χ4v) is 3.83. The van der Waals surface area contributed by atoms with Gasteiger partial charge in [-0.3, -0.25) is 9.59 Å². The van der Waals surface area contributed by atoms with E-state index in [2.05, 4.69) is 36.5 Å². The van der Waals surface area contributed by atoms with Crippen molar-refractivity contribution >= 4 is 11.8 Å². The SMILES string of the molecule is CCc1ccc(CN(C(=O)CCNC(=O)C2CCCCC2)C2CC2)cc1. The minimum absolute atomic E-state index is 0.144. The number of nitrogens with zero attached hydrogens (tertiary/aromatic N) is 1. The lowest BCUT2D eigenvalue weighted by Gasteiger charge is -2.24. The molecule has 2 amide bonds. The predicted molar refractivity (Wildman–Crippen MR) is 104 cm³/mol. The lowest BCUT2D eigenvalue weighted by Crippen LogP contribution is -2.37. The monoisotopic (exact) mass is 356 g/mol. The van der Waals surface area contributed by atoms with E-state index in [0.29, 0.717) is 25.6 Å². The second kappa shape index (κ2) is 9.20. The van der Waals surface area contributed by atoms with Gasteiger partial charge in [0.05, 0.1) is 0 Å². The summed E-state index contributed by atoms with van der Waals surface area (Å²) in [7, 11) is 0. The fraction of sp³-hybridized carbons (Fsp3) is 0.636. The van der Waals surface area contributed by atoms with Gasteiger partial charge in [0.2, 0.25) is 11.8 Å². The van der Waals surface area contributed by atoms with Crippen LogP contribution in [0.5, 0.6) is 0 Å². The van der Waals surface area contributed by atoms with Crippen LogP contribution in [-0.4, -0.2) is 29.3 Å². The molecule has 2 aliphatic carbocycles. The summed E-state index contributed by atoms with van der Waals surface area (Å²) in [6, 6.07) is 8.95. The van der Waals surface area contributed by atoms with E-state index in [-0.39, 0.29) is 17.7 Å². The van der Waals surface area contributed by atoms with Crippen LogP contribution in [0.25, 0.3) is 0 Å². The smallest absolute Gasteiger partial charge is 0.224 e. The van der Waals surface area contributed by atoms with E-state index in [9.17, 15) is 9.59 Å². The first kappa shape index (κ1) is 18.9. The number of carbonyl (C=O) groups excluding carboxylic acids is 2. The molecule has 2 aliphatic rings. The maximum atomic E-state index is 12.7. The van der Waals surface area contributed by atoms with Crippen LogP contribution >= 0.6 is 0 Å². The summed E-state index contributed by atoms with van der Waals surface area (Å²) in [6.45, 7) is 3.30. The quantitative estimate of drug-likeness (QED) is 0.770. The molecule has 3 rings (SSSR count). The third-order valence-electron chi connectivity index (χ3n) is 5.71. The van der Waals surface area contributed by atoms with Gasteiger partial charge in [-0.15, -0.1) is 0 Å². The van der Waals surface area contributed by atoms with Gasteiger partial charge in [-0.25, -0.2) is 0 Å². The summed E-state index contributed by atoms with van der Waals surface area (Å²) in [5.74, 6) is 0.470. The summed E-state index contributed by atoms with van der Waals surface area (Å²) in [5.41, 5.74) is 2.51. The van der Waals surface area contributed by atoms with E-state index in [1.165, 1.54) is 17.5 Å². The first-order chi connectivity index (χ1) is 12.7. The Bertz CT molecular complexity index is 601. The number of carbonyl (C=O) groups is 2. The van der Waals surface area contributed by atoms with Crippen molar-refractivity contribution in [3.05, 3.63) is 35.4 Å². The highest BCUT2D eigenvalue weighted by molar-refractivity contribution is 5.80. The molecule has 0 bridgehead atoms. The molecule has 0 saturated heterocycles. The van der Waals surface area contributed by atoms with Crippen LogP contribution in [0.15, 0.2) is 24.3 Å². The minimum Gasteiger partial charge on any atom is -0.355 e. The molecule has 1 N–H and O–H groups in total. The molecule has 26 heavy (non-hydrogen) atoms. The average Bonchev–Trinajstić information content (AvgIpc) is 3.52. The van der Waals surface area contributed by atoms with Gasteiger partial charge < -0.3 is 10.2 Å². The van der Waals surface area contributed by atoms with E-state index in [0.717, 1.165) is 44.9 Å². The zero-order valence-electron chi connectivity index (χ0n) is 16.0. The van der Waals surface area contributed by atoms with Crippen LogP contribution in [0, 0.1) is 5.92 Å². The Morgan fingerprint density at radius 3 is 2.27 bits per heavy atom. The molecule has 2 fully saturated rings. The Hall–Kier alpha value is -1.84. The third-order valence-corrected chi connectivity index (χ3v) is 5.71. The summed E-state index contributed by atoms with van der Waals surface area (Å²) in [4.78, 5) is 26.9. The number of hydrogen-bond donors (Lipinski definition) is 1. The molecule has 0 unspecified atom stereocenters. The van der Waals surface area contributed by atoms with Crippen LogP contribution in [0.2, 0.25) is 0 Å². The highest BCUT2D eigenvalue weighted by atomic mass is 16.2. The highest BCUT2D eigenvalue weighted by Gasteiger charge is 2.32. The number of aryl methyl sites for hydroxylation is 1. The van der Waals surface area contributed by atoms with Crippen molar-refractivity contribution in [2.45, 2.75) is 77.3 Å². The van der Waals surface area contributed by atoms with Gasteiger partial charge in [0.15, 0.2) is 0 Å². The lowest BCUT2D eigenvalue weighted by molar-refractivity contribution is -0.132. The molecule has 1 aromatic rings. The molecule has 1 aromatic carbocycles. The first-order valence-electron chi connectivity index (χ1n) is 10.3. The Balaban J connectivity index is 1.46. The van der Waals surface area contributed by atoms with Crippen molar-refractivity contribution in [3.63, 3.8) is 0 Å². The Morgan fingerprint density at radius 2 is 1.65 bits per heavy atom. The third kappa shape index (κ3) is 5.33. The normalized spacial score (nSPS) is 17.7. The van der Waals surface area contributed by atoms with Crippen LogP contribution < -0.4 is 5.32 Å². The number of benzene rings is 1. The second-order valence-electron chi connectivity index (χ2n) is 7.80. The van der Waals surface area contributed by atoms with Gasteiger partial charge in [-0.1, -0.05) is 50.5 Å². The van der Waals surface area contributed by atoms with Crippen LogP contribution in [0.3, 0.4) is 0 Å². The number of hydrogen-bond acceptors (Lipinski definition) is 2. The summed E-state index contributed by atoms with van der Waals surface area (Å²) in [6.07, 6.45) is 9.21. The van der Waals surface area contributed by atoms with Crippen LogP contribution in [-0.2, 0) is 22.6 Å². The Labute approximate surface area is 157 Å². The van der Waals surface area contributed by atoms with Gasteiger partial charge in [-0.05, 0) is 43.2 Å². The average molecular weight is 357 g/mol. The Morgan fingerprint density at radius 1 is 1.00 bits per heavy atom. The van der Waals surface area contributed by atoms with Gasteiger partial charge in [0.1, 0.15) is 0 Å². The van der Waals surface area contributed by atoms with Gasteiger partial charge in [0.25, 0.3) is 0 Å². The zero-order valence-corrected chi connectivity index (χ0v) is 16.0. The maximum absolute atomic E-state index is 12.7. The molecule has 0 radical (unpaired) electrons. The molecule has 0 aromatic heterocycles. The topological polar surface area (TPSA) is 49.4 Å². The number of amides is 2. The van der Waals surface area contributed by atoms with Crippen molar-refractivity contribution < 1.29 is 9.59 Å². The van der Waals surface area contributed by atoms with Crippen molar-refractivity contribution in [1.29, 1.82) is 0 Å². The number of nitrogens with one attached hydrogen (secondary N) is 1. The molecule has 0 spiro atoms. The van der Waals surface area contributed by atoms with Crippen molar-refractivity contribution in [3.8, 4) is 0 Å². The van der Waals surface area contributed by atoms with Gasteiger partial charge >= 0.3 is 0 Å². The molecule has 142 valence electrons. The van der Waals surface area contributed by atoms with Crippen molar-refractivity contribution in [2.75, 3.05) is 6.54 Å². The van der Waals surface area contributed by atoms with Gasteiger partial charge in [-0.2, -0.15) is 0 Å². The van der Waals surface area contributed by atoms with Gasteiger partial charge in [0, 0.05) is 31.5 Å². The molecular weight excluding hydrogens is 324 g/mol. The molecule has 0 atom stereocenters. The number of rotatable bonds is 8. The predicted octanol–water partition coefficient (Wildman–Crippen LogP) is 3.83. The standard InChI is InChI=1S/C22H32N2O2/c1-2-17-8-10-18(11-9-17)16-24(20-12-13-20)21(25)14-15-23-22(26)19-6-4-3-5-7-19/h8-11,19-20H,2-7,12-16H2,1H3,(H,23,26). The van der Waals surface area contributed by atoms with E-state index in [4.69, 9.17) is 0 Å². The van der Waals surface area contributed by atoms with E-state index in [1.807, 2.05) is 4.90 Å². The summed E-state index contributed by atoms with van der Waals surface area (Å²) in [5, 5.41) is 2.99. The van der Waals surface area contributed by atoms with E-state index in [1.54, 1.807) is 0 Å². The second-order valence-corrected chi connectivity index (χ2v) is 7.80. The highest BCUT2D eigenvalue weighted by Crippen LogP contribution is 2.29. The fourth-order valence-electron chi connectivity index (χ4n) is 3.83. The summed E-state index contributed by atoms with van der Waals surface area (Å²) < 4.78 is 0. The van der Waals surface area contributed by atoms with Crippen LogP contribution in [0.1, 0.15) is 69.4 Å². The molecule has 4 heteroatoms. The Kier molecular flexibility index (Phi) is 6.70. The van der Waals surface area contributed by atoms with Crippen LogP contribution in [0.4, 0.5) is 0 Å². The van der Waals surface area contributed by atoms with Crippen molar-refractivity contribution in [2.24, 2.45) is 5.92 Å². The molecule has 2 saturated carbocycles. The summed E-state index contributed by atoms with van der Waals surface area (Å²) >= 11 is 0. The maximum Gasteiger partial charge on any atom is 0.224 e. The largest absolute Gasteiger partial charge is 0.355 e. The van der Waals surface area contributed by atoms with Crippen molar-refractivity contribution in [1.82, 2.24) is 10.2 Å².